The lowest BCUT2D eigenvalue weighted by Crippen LogP contribution is -2.50. The Bertz CT molecular complexity index is 697. The zero-order valence-electron chi connectivity index (χ0n) is 13.4. The van der Waals surface area contributed by atoms with Crippen molar-refractivity contribution in [1.29, 1.82) is 0 Å². The first-order valence-corrected chi connectivity index (χ1v) is 8.35. The number of piperidine rings is 1. The molecule has 3 heterocycles. The molecule has 7 heteroatoms. The molecule has 0 saturated carbocycles. The van der Waals surface area contributed by atoms with Gasteiger partial charge in [0.25, 0.3) is 5.91 Å². The van der Waals surface area contributed by atoms with Crippen LogP contribution in [0, 0.1) is 0 Å². The molecule has 0 N–H and O–H groups in total. The summed E-state index contributed by atoms with van der Waals surface area (Å²) in [6.07, 6.45) is 4.16. The summed E-state index contributed by atoms with van der Waals surface area (Å²) in [6.45, 7) is 1.88. The minimum absolute atomic E-state index is 0.0457. The molecular formula is C17H20N4O3. The van der Waals surface area contributed by atoms with Crippen LogP contribution in [0.1, 0.15) is 29.8 Å². The van der Waals surface area contributed by atoms with E-state index < -0.39 is 0 Å². The Kier molecular flexibility index (Phi) is 4.27. The molecule has 1 aromatic heterocycles. The van der Waals surface area contributed by atoms with Gasteiger partial charge in [0.1, 0.15) is 0 Å². The van der Waals surface area contributed by atoms with Crippen LogP contribution >= 0.6 is 0 Å². The van der Waals surface area contributed by atoms with Gasteiger partial charge in [-0.2, -0.15) is 9.90 Å². The maximum Gasteiger partial charge on any atom is 0.276 e. The van der Waals surface area contributed by atoms with E-state index in [1.165, 1.54) is 11.0 Å². The van der Waals surface area contributed by atoms with E-state index in [1.807, 2.05) is 35.2 Å². The first-order chi connectivity index (χ1) is 11.8. The highest BCUT2D eigenvalue weighted by molar-refractivity contribution is 5.92. The third-order valence-electron chi connectivity index (χ3n) is 4.47. The Morgan fingerprint density at radius 1 is 1.12 bits per heavy atom. The molecule has 2 saturated heterocycles. The Balaban J connectivity index is 1.54. The molecule has 2 aliphatic rings. The van der Waals surface area contributed by atoms with Crippen LogP contribution < -0.4 is 0 Å². The van der Waals surface area contributed by atoms with Gasteiger partial charge in [-0.3, -0.25) is 4.79 Å². The van der Waals surface area contributed by atoms with Crippen LogP contribution in [0.15, 0.2) is 36.5 Å². The number of nitrogens with zero attached hydrogens (tertiary/aromatic N) is 4. The smallest absolute Gasteiger partial charge is 0.276 e. The highest BCUT2D eigenvalue weighted by Crippen LogP contribution is 2.25. The number of hydrogen-bond donors (Lipinski definition) is 0. The summed E-state index contributed by atoms with van der Waals surface area (Å²) in [7, 11) is 0. The average molecular weight is 328 g/mol. The molecule has 1 atom stereocenters. The van der Waals surface area contributed by atoms with Crippen molar-refractivity contribution >= 4 is 5.91 Å². The van der Waals surface area contributed by atoms with Crippen molar-refractivity contribution in [2.75, 3.05) is 19.8 Å². The van der Waals surface area contributed by atoms with Gasteiger partial charge < -0.3 is 14.4 Å². The fourth-order valence-corrected chi connectivity index (χ4v) is 3.29. The number of para-hydroxylation sites is 1. The van der Waals surface area contributed by atoms with E-state index in [0.717, 1.165) is 24.9 Å². The van der Waals surface area contributed by atoms with Gasteiger partial charge in [0.2, 0.25) is 0 Å². The van der Waals surface area contributed by atoms with E-state index in [2.05, 4.69) is 10.2 Å². The van der Waals surface area contributed by atoms with Crippen molar-refractivity contribution in [2.45, 2.75) is 31.6 Å². The molecule has 0 aliphatic carbocycles. The molecule has 0 spiro atoms. The highest BCUT2D eigenvalue weighted by atomic mass is 16.7. The number of rotatable bonds is 3. The molecule has 24 heavy (non-hydrogen) atoms. The van der Waals surface area contributed by atoms with Gasteiger partial charge in [-0.25, -0.2) is 0 Å². The average Bonchev–Trinajstić information content (AvgIpc) is 3.34. The third-order valence-corrected chi connectivity index (χ3v) is 4.47. The minimum atomic E-state index is -0.321. The van der Waals surface area contributed by atoms with Gasteiger partial charge in [-0.1, -0.05) is 18.2 Å². The minimum Gasteiger partial charge on any atom is -0.348 e. The quantitative estimate of drug-likeness (QED) is 0.856. The summed E-state index contributed by atoms with van der Waals surface area (Å²) in [5.41, 5.74) is 1.18. The lowest BCUT2D eigenvalue weighted by Gasteiger charge is -2.37. The van der Waals surface area contributed by atoms with Crippen LogP contribution in [0.5, 0.6) is 0 Å². The molecule has 1 aromatic carbocycles. The number of carbonyl (C=O) groups is 1. The van der Waals surface area contributed by atoms with Crippen molar-refractivity contribution in [3.05, 3.63) is 42.2 Å². The summed E-state index contributed by atoms with van der Waals surface area (Å²) in [4.78, 5) is 16.2. The molecule has 0 radical (unpaired) electrons. The molecule has 0 unspecified atom stereocenters. The van der Waals surface area contributed by atoms with Crippen LogP contribution in [-0.4, -0.2) is 57.9 Å². The van der Waals surface area contributed by atoms with Crippen molar-refractivity contribution in [2.24, 2.45) is 0 Å². The molecule has 4 rings (SSSR count). The standard InChI is InChI=1S/C17H20N4O3/c22-16(14-12-18-21(19-14)13-6-2-1-3-7-13)20-9-5-4-8-15(20)17-23-10-11-24-17/h1-3,6-7,12,15,17H,4-5,8-11H2/t15-/m1/s1. The van der Waals surface area contributed by atoms with Gasteiger partial charge in [-0.05, 0) is 31.4 Å². The molecule has 2 fully saturated rings. The normalized spacial score (nSPS) is 22.0. The van der Waals surface area contributed by atoms with Crippen LogP contribution in [0.2, 0.25) is 0 Å². The van der Waals surface area contributed by atoms with Gasteiger partial charge >= 0.3 is 0 Å². The van der Waals surface area contributed by atoms with Crippen molar-refractivity contribution in [3.8, 4) is 5.69 Å². The number of hydrogen-bond acceptors (Lipinski definition) is 5. The predicted molar refractivity (Wildman–Crippen MR) is 85.7 cm³/mol. The van der Waals surface area contributed by atoms with Crippen LogP contribution in [0.3, 0.4) is 0 Å². The number of carbonyl (C=O) groups excluding carboxylic acids is 1. The lowest BCUT2D eigenvalue weighted by atomic mass is 10.0. The summed E-state index contributed by atoms with van der Waals surface area (Å²) in [6, 6.07) is 9.51. The van der Waals surface area contributed by atoms with E-state index in [-0.39, 0.29) is 18.2 Å². The van der Waals surface area contributed by atoms with Gasteiger partial charge in [-0.15, -0.1) is 5.10 Å². The first kappa shape index (κ1) is 15.3. The van der Waals surface area contributed by atoms with E-state index >= 15 is 0 Å². The monoisotopic (exact) mass is 328 g/mol. The highest BCUT2D eigenvalue weighted by Gasteiger charge is 2.37. The fraction of sp³-hybridized carbons (Fsp3) is 0.471. The van der Waals surface area contributed by atoms with Crippen LogP contribution in [0.25, 0.3) is 5.69 Å². The Hall–Kier alpha value is -2.25. The maximum atomic E-state index is 12.9. The molecule has 1 amide bonds. The number of likely N-dealkylation sites (tertiary alicyclic amines) is 1. The topological polar surface area (TPSA) is 69.5 Å². The summed E-state index contributed by atoms with van der Waals surface area (Å²) >= 11 is 0. The molecule has 0 bridgehead atoms. The summed E-state index contributed by atoms with van der Waals surface area (Å²) in [5.74, 6) is -0.110. The zero-order valence-corrected chi connectivity index (χ0v) is 13.4. The largest absolute Gasteiger partial charge is 0.348 e. The third kappa shape index (κ3) is 2.92. The lowest BCUT2D eigenvalue weighted by molar-refractivity contribution is -0.100. The Labute approximate surface area is 140 Å². The maximum absolute atomic E-state index is 12.9. The van der Waals surface area contributed by atoms with E-state index in [9.17, 15) is 4.79 Å². The molecule has 126 valence electrons. The molecule has 7 nitrogen and oxygen atoms in total. The Morgan fingerprint density at radius 3 is 2.71 bits per heavy atom. The van der Waals surface area contributed by atoms with Crippen LogP contribution in [-0.2, 0) is 9.47 Å². The molecule has 2 aromatic rings. The van der Waals surface area contributed by atoms with E-state index in [4.69, 9.17) is 9.47 Å². The predicted octanol–water partition coefficient (Wildman–Crippen LogP) is 1.63. The number of aromatic nitrogens is 3. The van der Waals surface area contributed by atoms with Crippen LogP contribution in [0.4, 0.5) is 0 Å². The van der Waals surface area contributed by atoms with E-state index in [0.29, 0.717) is 25.5 Å². The number of ether oxygens (including phenoxy) is 2. The number of amides is 1. The van der Waals surface area contributed by atoms with Crippen molar-refractivity contribution in [3.63, 3.8) is 0 Å². The van der Waals surface area contributed by atoms with Gasteiger partial charge in [0.15, 0.2) is 12.0 Å². The van der Waals surface area contributed by atoms with Gasteiger partial charge in [0, 0.05) is 6.54 Å². The van der Waals surface area contributed by atoms with Crippen molar-refractivity contribution < 1.29 is 14.3 Å². The second-order valence-electron chi connectivity index (χ2n) is 6.03. The first-order valence-electron chi connectivity index (χ1n) is 8.35. The van der Waals surface area contributed by atoms with E-state index in [1.54, 1.807) is 0 Å². The Morgan fingerprint density at radius 2 is 1.92 bits per heavy atom. The summed E-state index contributed by atoms with van der Waals surface area (Å²) < 4.78 is 11.3. The van der Waals surface area contributed by atoms with Crippen molar-refractivity contribution in [1.82, 2.24) is 19.9 Å². The second kappa shape index (κ2) is 6.70. The number of benzene rings is 1. The summed E-state index contributed by atoms with van der Waals surface area (Å²) in [5, 5.41) is 8.57. The van der Waals surface area contributed by atoms with Gasteiger partial charge in [0.05, 0.1) is 31.1 Å². The zero-order chi connectivity index (χ0) is 16.4. The second-order valence-corrected chi connectivity index (χ2v) is 6.03. The molecule has 2 aliphatic heterocycles. The fourth-order valence-electron chi connectivity index (χ4n) is 3.29. The SMILES string of the molecule is O=C(c1cnn(-c2ccccc2)n1)N1CCCC[C@@H]1C1OCCO1. The molecular weight excluding hydrogens is 308 g/mol.